The zero-order chi connectivity index (χ0) is 16.9. The second kappa shape index (κ2) is 7.40. The standard InChI is InChI=1S/C18H16FN3OS/c1-12-8-13(6-7-16(12)19)9-20-17(23)11-24-18-15-5-3-2-4-14(15)10-21-22-18/h2-8,10H,9,11H2,1H3,(H,20,23). The van der Waals surface area contributed by atoms with Crippen LogP contribution in [-0.2, 0) is 11.3 Å². The van der Waals surface area contributed by atoms with Crippen LogP contribution in [0.25, 0.3) is 10.8 Å². The molecular formula is C18H16FN3OS. The van der Waals surface area contributed by atoms with E-state index in [9.17, 15) is 9.18 Å². The fourth-order valence-corrected chi connectivity index (χ4v) is 3.13. The molecule has 0 unspecified atom stereocenters. The van der Waals surface area contributed by atoms with Gasteiger partial charge in [0.25, 0.3) is 0 Å². The highest BCUT2D eigenvalue weighted by Gasteiger charge is 2.08. The number of hydrogen-bond acceptors (Lipinski definition) is 4. The molecule has 1 aromatic heterocycles. The van der Waals surface area contributed by atoms with Gasteiger partial charge in [-0.2, -0.15) is 5.10 Å². The minimum atomic E-state index is -0.241. The lowest BCUT2D eigenvalue weighted by atomic mass is 10.1. The summed E-state index contributed by atoms with van der Waals surface area (Å²) in [5, 5.41) is 13.6. The van der Waals surface area contributed by atoms with E-state index in [1.54, 1.807) is 25.3 Å². The van der Waals surface area contributed by atoms with Gasteiger partial charge in [-0.25, -0.2) is 4.39 Å². The number of benzene rings is 2. The molecule has 4 nitrogen and oxygen atoms in total. The van der Waals surface area contributed by atoms with Crippen LogP contribution in [0, 0.1) is 12.7 Å². The third-order valence-electron chi connectivity index (χ3n) is 3.59. The molecule has 122 valence electrons. The van der Waals surface area contributed by atoms with E-state index in [1.165, 1.54) is 17.8 Å². The van der Waals surface area contributed by atoms with Gasteiger partial charge in [-0.1, -0.05) is 48.2 Å². The highest BCUT2D eigenvalue weighted by Crippen LogP contribution is 2.24. The maximum Gasteiger partial charge on any atom is 0.230 e. The van der Waals surface area contributed by atoms with E-state index in [4.69, 9.17) is 0 Å². The van der Waals surface area contributed by atoms with E-state index < -0.39 is 0 Å². The molecule has 6 heteroatoms. The first-order valence-corrected chi connectivity index (χ1v) is 8.47. The van der Waals surface area contributed by atoms with E-state index in [1.807, 2.05) is 24.3 Å². The Balaban J connectivity index is 1.58. The highest BCUT2D eigenvalue weighted by molar-refractivity contribution is 8.00. The first kappa shape index (κ1) is 16.4. The number of amides is 1. The molecule has 3 aromatic rings. The molecule has 3 rings (SSSR count). The topological polar surface area (TPSA) is 54.9 Å². The number of rotatable bonds is 5. The van der Waals surface area contributed by atoms with Crippen molar-refractivity contribution in [2.45, 2.75) is 18.5 Å². The molecule has 0 aliphatic rings. The van der Waals surface area contributed by atoms with E-state index >= 15 is 0 Å². The fourth-order valence-electron chi connectivity index (χ4n) is 2.31. The highest BCUT2D eigenvalue weighted by atomic mass is 32.2. The Morgan fingerprint density at radius 3 is 2.92 bits per heavy atom. The molecule has 0 spiro atoms. The van der Waals surface area contributed by atoms with Gasteiger partial charge >= 0.3 is 0 Å². The molecule has 0 saturated carbocycles. The molecule has 0 fully saturated rings. The van der Waals surface area contributed by atoms with Crippen molar-refractivity contribution in [3.63, 3.8) is 0 Å². The Hall–Kier alpha value is -2.47. The molecule has 1 heterocycles. The number of fused-ring (bicyclic) bond motifs is 1. The fraction of sp³-hybridized carbons (Fsp3) is 0.167. The van der Waals surface area contributed by atoms with Crippen LogP contribution in [0.15, 0.2) is 53.7 Å². The predicted molar refractivity (Wildman–Crippen MR) is 93.2 cm³/mol. The summed E-state index contributed by atoms with van der Waals surface area (Å²) in [5.74, 6) is -0.0880. The zero-order valence-electron chi connectivity index (χ0n) is 13.1. The second-order valence-electron chi connectivity index (χ2n) is 5.39. The van der Waals surface area contributed by atoms with Gasteiger partial charge in [0.15, 0.2) is 0 Å². The number of halogens is 1. The van der Waals surface area contributed by atoms with Crippen molar-refractivity contribution in [3.05, 3.63) is 65.6 Å². The van der Waals surface area contributed by atoms with Crippen LogP contribution in [0.4, 0.5) is 4.39 Å². The van der Waals surface area contributed by atoms with Gasteiger partial charge < -0.3 is 5.32 Å². The summed E-state index contributed by atoms with van der Waals surface area (Å²) < 4.78 is 13.2. The lowest BCUT2D eigenvalue weighted by Gasteiger charge is -2.07. The van der Waals surface area contributed by atoms with Gasteiger partial charge in [-0.05, 0) is 24.1 Å². The first-order valence-electron chi connectivity index (χ1n) is 7.48. The number of hydrogen-bond donors (Lipinski definition) is 1. The minimum Gasteiger partial charge on any atom is -0.351 e. The van der Waals surface area contributed by atoms with Gasteiger partial charge in [0.1, 0.15) is 10.8 Å². The number of nitrogens with zero attached hydrogens (tertiary/aromatic N) is 2. The minimum absolute atomic E-state index is 0.100. The van der Waals surface area contributed by atoms with Crippen molar-refractivity contribution in [2.24, 2.45) is 0 Å². The molecule has 0 aliphatic carbocycles. The lowest BCUT2D eigenvalue weighted by Crippen LogP contribution is -2.24. The van der Waals surface area contributed by atoms with Crippen molar-refractivity contribution >= 4 is 28.4 Å². The molecule has 0 bridgehead atoms. The van der Waals surface area contributed by atoms with Crippen molar-refractivity contribution in [2.75, 3.05) is 5.75 Å². The van der Waals surface area contributed by atoms with E-state index in [0.717, 1.165) is 21.4 Å². The summed E-state index contributed by atoms with van der Waals surface area (Å²) in [7, 11) is 0. The Morgan fingerprint density at radius 1 is 1.25 bits per heavy atom. The average Bonchev–Trinajstić information content (AvgIpc) is 2.61. The number of carbonyl (C=O) groups excluding carboxylic acids is 1. The molecule has 1 N–H and O–H groups in total. The largest absolute Gasteiger partial charge is 0.351 e. The summed E-state index contributed by atoms with van der Waals surface area (Å²) in [6, 6.07) is 12.6. The van der Waals surface area contributed by atoms with Gasteiger partial charge in [0, 0.05) is 17.3 Å². The second-order valence-corrected chi connectivity index (χ2v) is 6.35. The number of thioether (sulfide) groups is 1. The first-order chi connectivity index (χ1) is 11.6. The molecule has 0 radical (unpaired) electrons. The number of nitrogens with one attached hydrogen (secondary N) is 1. The van der Waals surface area contributed by atoms with Crippen LogP contribution in [0.3, 0.4) is 0 Å². The van der Waals surface area contributed by atoms with Crippen LogP contribution in [-0.4, -0.2) is 21.9 Å². The van der Waals surface area contributed by atoms with Crippen LogP contribution in [0.1, 0.15) is 11.1 Å². The van der Waals surface area contributed by atoms with Crippen LogP contribution in [0.2, 0.25) is 0 Å². The number of aryl methyl sites for hydroxylation is 1. The van der Waals surface area contributed by atoms with Gasteiger partial charge in [-0.3, -0.25) is 4.79 Å². The molecule has 2 aromatic carbocycles. The number of carbonyl (C=O) groups is 1. The van der Waals surface area contributed by atoms with E-state index in [-0.39, 0.29) is 17.5 Å². The summed E-state index contributed by atoms with van der Waals surface area (Å²) in [6.45, 7) is 2.08. The van der Waals surface area contributed by atoms with E-state index in [2.05, 4.69) is 15.5 Å². The van der Waals surface area contributed by atoms with Crippen molar-refractivity contribution in [1.82, 2.24) is 15.5 Å². The normalized spacial score (nSPS) is 10.8. The monoisotopic (exact) mass is 341 g/mol. The smallest absolute Gasteiger partial charge is 0.230 e. The summed E-state index contributed by atoms with van der Waals surface area (Å²) in [4.78, 5) is 12.0. The summed E-state index contributed by atoms with van der Waals surface area (Å²) in [5.41, 5.74) is 1.44. The molecule has 0 aliphatic heterocycles. The summed E-state index contributed by atoms with van der Waals surface area (Å²) >= 11 is 1.35. The summed E-state index contributed by atoms with van der Waals surface area (Å²) in [6.07, 6.45) is 1.70. The van der Waals surface area contributed by atoms with Crippen molar-refractivity contribution in [3.8, 4) is 0 Å². The van der Waals surface area contributed by atoms with Gasteiger partial charge in [-0.15, -0.1) is 5.10 Å². The third kappa shape index (κ3) is 3.89. The molecule has 0 atom stereocenters. The van der Waals surface area contributed by atoms with E-state index in [0.29, 0.717) is 12.1 Å². The van der Waals surface area contributed by atoms with Crippen LogP contribution >= 0.6 is 11.8 Å². The van der Waals surface area contributed by atoms with Crippen molar-refractivity contribution < 1.29 is 9.18 Å². The molecule has 24 heavy (non-hydrogen) atoms. The molecule has 0 saturated heterocycles. The van der Waals surface area contributed by atoms with Crippen LogP contribution in [0.5, 0.6) is 0 Å². The molecular weight excluding hydrogens is 325 g/mol. The lowest BCUT2D eigenvalue weighted by molar-refractivity contribution is -0.118. The third-order valence-corrected chi connectivity index (χ3v) is 4.57. The van der Waals surface area contributed by atoms with Gasteiger partial charge in [0.2, 0.25) is 5.91 Å². The molecule has 1 amide bonds. The maximum absolute atomic E-state index is 13.2. The Morgan fingerprint density at radius 2 is 2.08 bits per heavy atom. The van der Waals surface area contributed by atoms with Gasteiger partial charge in [0.05, 0.1) is 11.9 Å². The zero-order valence-corrected chi connectivity index (χ0v) is 13.9. The quantitative estimate of drug-likeness (QED) is 0.722. The predicted octanol–water partition coefficient (Wildman–Crippen LogP) is 3.49. The Labute approximate surface area is 143 Å². The average molecular weight is 341 g/mol. The maximum atomic E-state index is 13.2. The number of aromatic nitrogens is 2. The Kier molecular flexibility index (Phi) is 5.05. The Bertz CT molecular complexity index is 880. The van der Waals surface area contributed by atoms with Crippen molar-refractivity contribution in [1.29, 1.82) is 0 Å². The van der Waals surface area contributed by atoms with Crippen LogP contribution < -0.4 is 5.32 Å². The SMILES string of the molecule is Cc1cc(CNC(=O)CSc2nncc3ccccc23)ccc1F.